The molecule has 1 aliphatic heterocycles. The monoisotopic (exact) mass is 268 g/mol. The summed E-state index contributed by atoms with van der Waals surface area (Å²) in [5.74, 6) is 0.160. The molecular weight excluding hydrogens is 256 g/mol. The van der Waals surface area contributed by atoms with Gasteiger partial charge in [-0.3, -0.25) is 9.78 Å². The van der Waals surface area contributed by atoms with E-state index in [9.17, 15) is 4.79 Å². The van der Waals surface area contributed by atoms with Crippen molar-refractivity contribution in [3.63, 3.8) is 0 Å². The number of rotatable bonds is 1. The smallest absolute Gasteiger partial charge is 0.214 e. The van der Waals surface area contributed by atoms with Crippen molar-refractivity contribution >= 4 is 11.5 Å². The molecule has 5 heteroatoms. The number of oxime groups is 1. The molecule has 1 unspecified atom stereocenters. The summed E-state index contributed by atoms with van der Waals surface area (Å²) in [7, 11) is 0. The summed E-state index contributed by atoms with van der Waals surface area (Å²) in [4.78, 5) is 16.5. The Bertz CT molecular complexity index is 668. The number of Topliss-reactive ketones (excluding diaryl/α,β-unsaturated/α-hetero) is 1. The van der Waals surface area contributed by atoms with E-state index in [2.05, 4.69) is 10.1 Å². The lowest BCUT2D eigenvalue weighted by molar-refractivity contribution is 0.106. The largest absolute Gasteiger partial charge is 0.483 e. The number of aromatic nitrogens is 1. The lowest BCUT2D eigenvalue weighted by Gasteiger charge is -2.16. The van der Waals surface area contributed by atoms with Crippen molar-refractivity contribution in [1.29, 1.82) is 0 Å². The first kappa shape index (κ1) is 12.3. The Morgan fingerprint density at radius 1 is 1.20 bits per heavy atom. The summed E-state index contributed by atoms with van der Waals surface area (Å²) in [6, 6.07) is 12.4. The number of carbonyl (C=O) groups is 1. The Labute approximate surface area is 115 Å². The minimum Gasteiger partial charge on any atom is -0.483 e. The van der Waals surface area contributed by atoms with Crippen LogP contribution in [-0.2, 0) is 0 Å². The highest BCUT2D eigenvalue weighted by atomic mass is 16.5. The van der Waals surface area contributed by atoms with Crippen LogP contribution in [0, 0.1) is 0 Å². The van der Waals surface area contributed by atoms with Gasteiger partial charge in [-0.2, -0.15) is 0 Å². The van der Waals surface area contributed by atoms with Gasteiger partial charge in [-0.25, -0.2) is 0 Å². The summed E-state index contributed by atoms with van der Waals surface area (Å²) in [5, 5.41) is 12.2. The molecule has 2 aromatic rings. The average Bonchev–Trinajstić information content (AvgIpc) is 2.65. The van der Waals surface area contributed by atoms with Gasteiger partial charge in [0.2, 0.25) is 5.78 Å². The molecule has 0 amide bonds. The normalized spacial score (nSPS) is 20.1. The molecule has 5 nitrogen and oxygen atoms in total. The van der Waals surface area contributed by atoms with Crippen LogP contribution in [0.15, 0.2) is 53.8 Å². The van der Waals surface area contributed by atoms with Gasteiger partial charge in [0.05, 0.1) is 11.3 Å². The van der Waals surface area contributed by atoms with Crippen LogP contribution in [0.2, 0.25) is 0 Å². The number of pyridine rings is 1. The summed E-state index contributed by atoms with van der Waals surface area (Å²) in [6.45, 7) is 0. The molecule has 1 atom stereocenters. The first-order valence-corrected chi connectivity index (χ1v) is 6.22. The van der Waals surface area contributed by atoms with E-state index in [1.807, 2.05) is 12.1 Å². The summed E-state index contributed by atoms with van der Waals surface area (Å²) < 4.78 is 5.87. The van der Waals surface area contributed by atoms with Crippen LogP contribution in [0.3, 0.4) is 0 Å². The van der Waals surface area contributed by atoms with E-state index in [1.165, 1.54) is 0 Å². The topological polar surface area (TPSA) is 71.8 Å². The van der Waals surface area contributed by atoms with E-state index in [4.69, 9.17) is 9.94 Å². The van der Waals surface area contributed by atoms with Crippen LogP contribution in [0.4, 0.5) is 0 Å². The first-order chi connectivity index (χ1) is 9.79. The van der Waals surface area contributed by atoms with E-state index < -0.39 is 6.10 Å². The summed E-state index contributed by atoms with van der Waals surface area (Å²) >= 11 is 0. The van der Waals surface area contributed by atoms with Crippen LogP contribution < -0.4 is 4.74 Å². The number of fused-ring (bicyclic) bond motifs is 1. The van der Waals surface area contributed by atoms with Crippen LogP contribution in [0.1, 0.15) is 28.6 Å². The number of ketones is 1. The number of hydrogen-bond acceptors (Lipinski definition) is 5. The van der Waals surface area contributed by atoms with Gasteiger partial charge in [0, 0.05) is 12.6 Å². The molecule has 1 aromatic carbocycles. The lowest BCUT2D eigenvalue weighted by Crippen LogP contribution is -2.16. The van der Waals surface area contributed by atoms with E-state index in [-0.39, 0.29) is 17.9 Å². The van der Waals surface area contributed by atoms with E-state index in [1.54, 1.807) is 36.5 Å². The molecule has 0 saturated heterocycles. The maximum atomic E-state index is 12.3. The van der Waals surface area contributed by atoms with Gasteiger partial charge in [0.15, 0.2) is 0 Å². The number of nitrogens with zero attached hydrogens (tertiary/aromatic N) is 2. The molecule has 0 radical (unpaired) electrons. The summed E-state index contributed by atoms with van der Waals surface area (Å²) in [5.41, 5.74) is 1.17. The second-order valence-electron chi connectivity index (χ2n) is 4.44. The first-order valence-electron chi connectivity index (χ1n) is 6.22. The molecule has 0 aliphatic carbocycles. The van der Waals surface area contributed by atoms with Crippen molar-refractivity contribution in [3.8, 4) is 5.75 Å². The van der Waals surface area contributed by atoms with Gasteiger partial charge >= 0.3 is 0 Å². The van der Waals surface area contributed by atoms with Crippen LogP contribution >= 0.6 is 0 Å². The van der Waals surface area contributed by atoms with Crippen molar-refractivity contribution in [2.75, 3.05) is 0 Å². The second-order valence-corrected chi connectivity index (χ2v) is 4.44. The average molecular weight is 268 g/mol. The van der Waals surface area contributed by atoms with Gasteiger partial charge in [0.1, 0.15) is 17.6 Å². The number of carbonyl (C=O) groups excluding carboxylic acids is 1. The van der Waals surface area contributed by atoms with Crippen LogP contribution in [0.5, 0.6) is 5.75 Å². The van der Waals surface area contributed by atoms with Gasteiger partial charge in [-0.1, -0.05) is 23.4 Å². The Balaban J connectivity index is 2.07. The Morgan fingerprint density at radius 2 is 2.00 bits per heavy atom. The fraction of sp³-hybridized carbons (Fsp3) is 0.133. The molecule has 2 heterocycles. The molecule has 1 N–H and O–H groups in total. The van der Waals surface area contributed by atoms with E-state index in [0.717, 1.165) is 0 Å². The van der Waals surface area contributed by atoms with Crippen molar-refractivity contribution < 1.29 is 14.7 Å². The molecule has 1 aromatic heterocycles. The molecule has 3 rings (SSSR count). The molecule has 100 valence electrons. The highest BCUT2D eigenvalue weighted by Crippen LogP contribution is 2.31. The van der Waals surface area contributed by atoms with Gasteiger partial charge in [0.25, 0.3) is 0 Å². The molecule has 1 aliphatic rings. The Morgan fingerprint density at radius 3 is 2.75 bits per heavy atom. The molecule has 20 heavy (non-hydrogen) atoms. The second kappa shape index (κ2) is 5.13. The third kappa shape index (κ3) is 2.14. The highest BCUT2D eigenvalue weighted by Gasteiger charge is 2.29. The fourth-order valence-electron chi connectivity index (χ4n) is 2.19. The standard InChI is InChI=1S/C15H12N2O3/c18-15-10-5-1-2-7-13(10)20-14(9-12(15)17-19)11-6-3-4-8-16-11/h1-8,14,19H,9H2/b17-12+. The number of benzene rings is 1. The molecule has 0 fully saturated rings. The van der Waals surface area contributed by atoms with E-state index >= 15 is 0 Å². The van der Waals surface area contributed by atoms with Crippen LogP contribution in [0.25, 0.3) is 0 Å². The van der Waals surface area contributed by atoms with Crippen LogP contribution in [-0.4, -0.2) is 21.7 Å². The third-order valence-corrected chi connectivity index (χ3v) is 3.18. The predicted molar refractivity (Wildman–Crippen MR) is 72.2 cm³/mol. The summed E-state index contributed by atoms with van der Waals surface area (Å²) in [6.07, 6.45) is 1.39. The zero-order valence-electron chi connectivity index (χ0n) is 10.6. The van der Waals surface area contributed by atoms with Crippen molar-refractivity contribution in [3.05, 3.63) is 59.9 Å². The Kier molecular flexibility index (Phi) is 3.16. The molecule has 0 saturated carbocycles. The lowest BCUT2D eigenvalue weighted by atomic mass is 10.0. The van der Waals surface area contributed by atoms with Crippen molar-refractivity contribution in [1.82, 2.24) is 4.98 Å². The quantitative estimate of drug-likeness (QED) is 0.637. The number of para-hydroxylation sites is 1. The minimum atomic E-state index is -0.449. The third-order valence-electron chi connectivity index (χ3n) is 3.18. The fourth-order valence-corrected chi connectivity index (χ4v) is 2.19. The SMILES string of the molecule is O=C1/C(=N/O)CC(c2ccccn2)Oc2ccccc21. The number of ether oxygens (including phenoxy) is 1. The maximum absolute atomic E-state index is 12.3. The van der Waals surface area contributed by atoms with Gasteiger partial charge in [-0.15, -0.1) is 0 Å². The van der Waals surface area contributed by atoms with E-state index in [0.29, 0.717) is 17.0 Å². The van der Waals surface area contributed by atoms with Gasteiger partial charge < -0.3 is 9.94 Å². The van der Waals surface area contributed by atoms with Gasteiger partial charge in [-0.05, 0) is 24.3 Å². The minimum absolute atomic E-state index is 0.0746. The van der Waals surface area contributed by atoms with Crippen molar-refractivity contribution in [2.45, 2.75) is 12.5 Å². The number of hydrogen-bond donors (Lipinski definition) is 1. The maximum Gasteiger partial charge on any atom is 0.214 e. The highest BCUT2D eigenvalue weighted by molar-refractivity contribution is 6.46. The molecule has 0 spiro atoms. The van der Waals surface area contributed by atoms with Crippen molar-refractivity contribution in [2.24, 2.45) is 5.16 Å². The zero-order chi connectivity index (χ0) is 13.9. The zero-order valence-corrected chi connectivity index (χ0v) is 10.6. The molecule has 0 bridgehead atoms. The molecular formula is C15H12N2O3. The Hall–Kier alpha value is -2.69. The predicted octanol–water partition coefficient (Wildman–Crippen LogP) is 2.62.